The molecular weight excluding hydrogens is 356 g/mol. The van der Waals surface area contributed by atoms with E-state index >= 15 is 0 Å². The number of carbonyl (C=O) groups is 1. The van der Waals surface area contributed by atoms with Crippen molar-refractivity contribution >= 4 is 15.9 Å². The molecule has 1 amide bonds. The largest absolute Gasteiger partial charge is 0.339 e. The molecule has 9 heteroatoms. The fourth-order valence-electron chi connectivity index (χ4n) is 3.62. The van der Waals surface area contributed by atoms with Crippen molar-refractivity contribution in [2.45, 2.75) is 64.3 Å². The van der Waals surface area contributed by atoms with Crippen molar-refractivity contribution in [2.75, 3.05) is 25.4 Å². The molecule has 0 radical (unpaired) electrons. The van der Waals surface area contributed by atoms with Gasteiger partial charge in [-0.25, -0.2) is 8.42 Å². The predicted octanol–water partition coefficient (Wildman–Crippen LogP) is 1.54. The normalized spacial score (nSPS) is 22.2. The third-order valence-electron chi connectivity index (χ3n) is 5.48. The van der Waals surface area contributed by atoms with Crippen LogP contribution in [0, 0.1) is 0 Å². The predicted molar refractivity (Wildman–Crippen MR) is 96.0 cm³/mol. The highest BCUT2D eigenvalue weighted by molar-refractivity contribution is 7.89. The van der Waals surface area contributed by atoms with E-state index < -0.39 is 10.0 Å². The molecule has 2 heterocycles. The molecular formula is C17H28N4O4S. The van der Waals surface area contributed by atoms with Gasteiger partial charge in [-0.2, -0.15) is 9.29 Å². The summed E-state index contributed by atoms with van der Waals surface area (Å²) in [6.07, 6.45) is 5.51. The van der Waals surface area contributed by atoms with E-state index in [9.17, 15) is 13.2 Å². The molecule has 1 aliphatic carbocycles. The van der Waals surface area contributed by atoms with Crippen LogP contribution in [0.25, 0.3) is 0 Å². The molecule has 1 unspecified atom stereocenters. The summed E-state index contributed by atoms with van der Waals surface area (Å²) in [4.78, 5) is 18.4. The number of carbonyl (C=O) groups excluding carboxylic acids is 1. The number of nitrogens with zero attached hydrogens (tertiary/aromatic N) is 4. The van der Waals surface area contributed by atoms with Gasteiger partial charge < -0.3 is 9.42 Å². The fraction of sp³-hybridized carbons (Fsp3) is 0.824. The molecule has 0 aromatic carbocycles. The highest BCUT2D eigenvalue weighted by atomic mass is 32.2. The van der Waals surface area contributed by atoms with Crippen molar-refractivity contribution in [1.82, 2.24) is 19.3 Å². The Morgan fingerprint density at radius 3 is 2.69 bits per heavy atom. The Hall–Kier alpha value is -1.48. The molecule has 8 nitrogen and oxygen atoms in total. The van der Waals surface area contributed by atoms with Gasteiger partial charge >= 0.3 is 0 Å². The average Bonchev–Trinajstić information content (AvgIpc) is 3.01. The Balaban J connectivity index is 1.61. The van der Waals surface area contributed by atoms with Gasteiger partial charge in [0, 0.05) is 44.9 Å². The van der Waals surface area contributed by atoms with Crippen molar-refractivity contribution in [2.24, 2.45) is 0 Å². The number of sulfonamides is 1. The van der Waals surface area contributed by atoms with Crippen LogP contribution in [-0.4, -0.2) is 65.1 Å². The zero-order valence-electron chi connectivity index (χ0n) is 15.6. The molecule has 1 aromatic heterocycles. The molecule has 1 aliphatic heterocycles. The van der Waals surface area contributed by atoms with E-state index in [1.165, 1.54) is 17.6 Å². The molecule has 0 bridgehead atoms. The highest BCUT2D eigenvalue weighted by Gasteiger charge is 2.32. The second-order valence-electron chi connectivity index (χ2n) is 7.19. The van der Waals surface area contributed by atoms with Crippen LogP contribution in [-0.2, 0) is 21.2 Å². The minimum Gasteiger partial charge on any atom is -0.339 e. The average molecular weight is 385 g/mol. The second-order valence-corrected chi connectivity index (χ2v) is 9.45. The summed E-state index contributed by atoms with van der Waals surface area (Å²) in [6.45, 7) is 4.56. The van der Waals surface area contributed by atoms with Crippen molar-refractivity contribution in [3.8, 4) is 0 Å². The molecule has 26 heavy (non-hydrogen) atoms. The molecule has 1 saturated carbocycles. The van der Waals surface area contributed by atoms with Crippen LogP contribution in [0.1, 0.15) is 63.6 Å². The third kappa shape index (κ3) is 4.25. The van der Waals surface area contributed by atoms with E-state index in [2.05, 4.69) is 10.1 Å². The second kappa shape index (κ2) is 8.04. The zero-order chi connectivity index (χ0) is 18.7. The SMILES string of the molecule is CCS(=O)(=O)N1CCCC(N(CCc2noc(C3CCC3)n2)C(C)=O)C1. The van der Waals surface area contributed by atoms with Crippen LogP contribution in [0.2, 0.25) is 0 Å². The lowest BCUT2D eigenvalue weighted by Gasteiger charge is -2.38. The number of rotatable bonds is 7. The summed E-state index contributed by atoms with van der Waals surface area (Å²) in [7, 11) is -3.23. The lowest BCUT2D eigenvalue weighted by molar-refractivity contribution is -0.131. The summed E-state index contributed by atoms with van der Waals surface area (Å²) in [5.74, 6) is 1.76. The van der Waals surface area contributed by atoms with Gasteiger partial charge in [-0.05, 0) is 32.6 Å². The molecule has 146 valence electrons. The molecule has 0 N–H and O–H groups in total. The standard InChI is InChI=1S/C17H28N4O4S/c1-3-26(23,24)20-10-5-8-15(12-20)21(13(2)22)11-9-16-18-17(25-19-16)14-6-4-7-14/h14-15H,3-12H2,1-2H3. The Morgan fingerprint density at radius 2 is 2.08 bits per heavy atom. The van der Waals surface area contributed by atoms with Crippen LogP contribution in [0.3, 0.4) is 0 Å². The summed E-state index contributed by atoms with van der Waals surface area (Å²) in [6, 6.07) is -0.0967. The number of amides is 1. The molecule has 0 spiro atoms. The molecule has 3 rings (SSSR count). The Bertz CT molecular complexity index is 729. The van der Waals surface area contributed by atoms with Gasteiger partial charge in [-0.15, -0.1) is 0 Å². The lowest BCUT2D eigenvalue weighted by atomic mass is 9.85. The minimum atomic E-state index is -3.23. The monoisotopic (exact) mass is 384 g/mol. The van der Waals surface area contributed by atoms with Gasteiger partial charge in [0.05, 0.1) is 5.75 Å². The Kier molecular flexibility index (Phi) is 5.96. The maximum atomic E-state index is 12.2. The summed E-state index contributed by atoms with van der Waals surface area (Å²) in [5, 5.41) is 4.03. The van der Waals surface area contributed by atoms with Crippen LogP contribution >= 0.6 is 0 Å². The molecule has 1 aromatic rings. The topological polar surface area (TPSA) is 96.6 Å². The van der Waals surface area contributed by atoms with Crippen LogP contribution in [0.15, 0.2) is 4.52 Å². The van der Waals surface area contributed by atoms with E-state index in [4.69, 9.17) is 4.52 Å². The van der Waals surface area contributed by atoms with Gasteiger partial charge in [0.2, 0.25) is 21.8 Å². The van der Waals surface area contributed by atoms with Crippen molar-refractivity contribution in [3.63, 3.8) is 0 Å². The minimum absolute atomic E-state index is 0.0477. The molecule has 2 aliphatic rings. The van der Waals surface area contributed by atoms with Gasteiger partial charge in [0.1, 0.15) is 0 Å². The van der Waals surface area contributed by atoms with E-state index in [0.717, 1.165) is 25.7 Å². The highest BCUT2D eigenvalue weighted by Crippen LogP contribution is 2.35. The number of aromatic nitrogens is 2. The smallest absolute Gasteiger partial charge is 0.229 e. The Morgan fingerprint density at radius 1 is 1.31 bits per heavy atom. The Labute approximate surface area is 155 Å². The van der Waals surface area contributed by atoms with Gasteiger partial charge in [0.15, 0.2) is 5.82 Å². The van der Waals surface area contributed by atoms with E-state index in [1.54, 1.807) is 11.8 Å². The van der Waals surface area contributed by atoms with Gasteiger partial charge in [0.25, 0.3) is 0 Å². The maximum Gasteiger partial charge on any atom is 0.229 e. The number of hydrogen-bond donors (Lipinski definition) is 0. The summed E-state index contributed by atoms with van der Waals surface area (Å²) < 4.78 is 31.2. The zero-order valence-corrected chi connectivity index (χ0v) is 16.4. The number of piperidine rings is 1. The van der Waals surface area contributed by atoms with Crippen molar-refractivity contribution in [3.05, 3.63) is 11.7 Å². The molecule has 2 fully saturated rings. The molecule has 1 atom stereocenters. The van der Waals surface area contributed by atoms with E-state index in [1.807, 2.05) is 0 Å². The van der Waals surface area contributed by atoms with E-state index in [0.29, 0.717) is 43.7 Å². The maximum absolute atomic E-state index is 12.2. The van der Waals surface area contributed by atoms with Crippen LogP contribution in [0.4, 0.5) is 0 Å². The molecule has 1 saturated heterocycles. The number of hydrogen-bond acceptors (Lipinski definition) is 6. The summed E-state index contributed by atoms with van der Waals surface area (Å²) in [5.41, 5.74) is 0. The summed E-state index contributed by atoms with van der Waals surface area (Å²) >= 11 is 0. The van der Waals surface area contributed by atoms with Crippen LogP contribution in [0.5, 0.6) is 0 Å². The van der Waals surface area contributed by atoms with Gasteiger partial charge in [-0.1, -0.05) is 11.6 Å². The first-order valence-electron chi connectivity index (χ1n) is 9.48. The van der Waals surface area contributed by atoms with Gasteiger partial charge in [-0.3, -0.25) is 4.79 Å². The van der Waals surface area contributed by atoms with E-state index in [-0.39, 0.29) is 17.7 Å². The first-order valence-corrected chi connectivity index (χ1v) is 11.1. The van der Waals surface area contributed by atoms with Crippen LogP contribution < -0.4 is 0 Å². The van der Waals surface area contributed by atoms with Crippen molar-refractivity contribution in [1.29, 1.82) is 0 Å². The first-order chi connectivity index (χ1) is 12.4. The quantitative estimate of drug-likeness (QED) is 0.707. The first kappa shape index (κ1) is 19.3. The fourth-order valence-corrected chi connectivity index (χ4v) is 4.79. The van der Waals surface area contributed by atoms with Crippen molar-refractivity contribution < 1.29 is 17.7 Å². The lowest BCUT2D eigenvalue weighted by Crippen LogP contribution is -2.52. The third-order valence-corrected chi connectivity index (χ3v) is 7.33.